The highest BCUT2D eigenvalue weighted by Gasteiger charge is 2.14. The molecule has 5 heteroatoms. The van der Waals surface area contributed by atoms with Crippen molar-refractivity contribution in [2.24, 2.45) is 0 Å². The maximum Gasteiger partial charge on any atom is 0.181 e. The molecule has 2 aromatic rings. The average molecular weight is 377 g/mol. The Morgan fingerprint density at radius 1 is 1.44 bits per heavy atom. The SMILES string of the molecule is CC(C)NCc1ncoc1-c1cc(Cl)ccc1I. The van der Waals surface area contributed by atoms with Crippen molar-refractivity contribution in [1.82, 2.24) is 10.3 Å². The average Bonchev–Trinajstić information content (AvgIpc) is 2.77. The van der Waals surface area contributed by atoms with Crippen LogP contribution in [0.25, 0.3) is 11.3 Å². The van der Waals surface area contributed by atoms with Crippen LogP contribution in [0.4, 0.5) is 0 Å². The Kier molecular flexibility index (Phi) is 4.64. The minimum absolute atomic E-state index is 0.410. The molecule has 0 atom stereocenters. The Morgan fingerprint density at radius 2 is 2.22 bits per heavy atom. The Labute approximate surface area is 125 Å². The van der Waals surface area contributed by atoms with E-state index in [4.69, 9.17) is 16.0 Å². The van der Waals surface area contributed by atoms with Gasteiger partial charge in [0.2, 0.25) is 0 Å². The molecule has 0 saturated carbocycles. The van der Waals surface area contributed by atoms with Crippen molar-refractivity contribution in [3.8, 4) is 11.3 Å². The van der Waals surface area contributed by atoms with Gasteiger partial charge in [0.15, 0.2) is 12.2 Å². The van der Waals surface area contributed by atoms with E-state index in [1.54, 1.807) is 0 Å². The smallest absolute Gasteiger partial charge is 0.181 e. The normalized spacial score (nSPS) is 11.2. The second-order valence-corrected chi connectivity index (χ2v) is 5.89. The number of benzene rings is 1. The van der Waals surface area contributed by atoms with Crippen LogP contribution in [0.15, 0.2) is 29.0 Å². The van der Waals surface area contributed by atoms with Gasteiger partial charge in [0.1, 0.15) is 5.69 Å². The van der Waals surface area contributed by atoms with Gasteiger partial charge in [-0.05, 0) is 40.8 Å². The van der Waals surface area contributed by atoms with Crippen molar-refractivity contribution in [2.45, 2.75) is 26.4 Å². The third-order valence-electron chi connectivity index (χ3n) is 2.49. The van der Waals surface area contributed by atoms with Crippen LogP contribution in [0.1, 0.15) is 19.5 Å². The second-order valence-electron chi connectivity index (χ2n) is 4.29. The molecule has 0 aliphatic carbocycles. The van der Waals surface area contributed by atoms with Crippen molar-refractivity contribution in [3.63, 3.8) is 0 Å². The van der Waals surface area contributed by atoms with Crippen molar-refractivity contribution in [2.75, 3.05) is 0 Å². The summed E-state index contributed by atoms with van der Waals surface area (Å²) in [6.45, 7) is 4.89. The molecule has 0 spiro atoms. The lowest BCUT2D eigenvalue weighted by atomic mass is 10.1. The number of hydrogen-bond donors (Lipinski definition) is 1. The van der Waals surface area contributed by atoms with Crippen LogP contribution in [0.3, 0.4) is 0 Å². The maximum atomic E-state index is 6.03. The van der Waals surface area contributed by atoms with Crippen LogP contribution in [-0.4, -0.2) is 11.0 Å². The fourth-order valence-corrected chi connectivity index (χ4v) is 2.34. The first kappa shape index (κ1) is 13.8. The highest BCUT2D eigenvalue weighted by atomic mass is 127. The van der Waals surface area contributed by atoms with Crippen LogP contribution < -0.4 is 5.32 Å². The Hall–Kier alpha value is -0.590. The largest absolute Gasteiger partial charge is 0.443 e. The topological polar surface area (TPSA) is 38.1 Å². The van der Waals surface area contributed by atoms with Crippen LogP contribution in [0.5, 0.6) is 0 Å². The minimum Gasteiger partial charge on any atom is -0.443 e. The Morgan fingerprint density at radius 3 is 2.94 bits per heavy atom. The zero-order chi connectivity index (χ0) is 13.1. The molecule has 0 amide bonds. The van der Waals surface area contributed by atoms with Crippen molar-refractivity contribution in [1.29, 1.82) is 0 Å². The first-order chi connectivity index (χ1) is 8.58. The van der Waals surface area contributed by atoms with E-state index in [2.05, 4.69) is 46.7 Å². The van der Waals surface area contributed by atoms with E-state index in [1.807, 2.05) is 18.2 Å². The number of nitrogens with zero attached hydrogens (tertiary/aromatic N) is 1. The van der Waals surface area contributed by atoms with Gasteiger partial charge in [-0.2, -0.15) is 0 Å². The van der Waals surface area contributed by atoms with Gasteiger partial charge in [-0.25, -0.2) is 4.98 Å². The van der Waals surface area contributed by atoms with Crippen molar-refractivity contribution < 1.29 is 4.42 Å². The summed E-state index contributed by atoms with van der Waals surface area (Å²) in [5, 5.41) is 4.03. The predicted octanol–water partition coefficient (Wildman–Crippen LogP) is 4.10. The molecular formula is C13H14ClIN2O. The van der Waals surface area contributed by atoms with Gasteiger partial charge in [0.05, 0.1) is 0 Å². The number of nitrogens with one attached hydrogen (secondary N) is 1. The first-order valence-corrected chi connectivity index (χ1v) is 7.14. The molecule has 0 aliphatic heterocycles. The summed E-state index contributed by atoms with van der Waals surface area (Å²) in [5.74, 6) is 0.787. The Balaban J connectivity index is 2.33. The molecular weight excluding hydrogens is 363 g/mol. The lowest BCUT2D eigenvalue weighted by Crippen LogP contribution is -2.22. The second kappa shape index (κ2) is 6.04. The molecule has 0 radical (unpaired) electrons. The summed E-state index contributed by atoms with van der Waals surface area (Å²) in [7, 11) is 0. The summed E-state index contributed by atoms with van der Waals surface area (Å²) in [5.41, 5.74) is 1.89. The summed E-state index contributed by atoms with van der Waals surface area (Å²) < 4.78 is 6.60. The number of oxazole rings is 1. The first-order valence-electron chi connectivity index (χ1n) is 5.69. The summed E-state index contributed by atoms with van der Waals surface area (Å²) in [4.78, 5) is 4.26. The molecule has 0 fully saturated rings. The highest BCUT2D eigenvalue weighted by molar-refractivity contribution is 14.1. The molecule has 0 aliphatic rings. The fourth-order valence-electron chi connectivity index (χ4n) is 1.59. The highest BCUT2D eigenvalue weighted by Crippen LogP contribution is 2.30. The summed E-state index contributed by atoms with van der Waals surface area (Å²) in [6.07, 6.45) is 1.48. The van der Waals surface area contributed by atoms with Gasteiger partial charge in [-0.3, -0.25) is 0 Å². The number of aromatic nitrogens is 1. The van der Waals surface area contributed by atoms with Gasteiger partial charge < -0.3 is 9.73 Å². The van der Waals surface area contributed by atoms with Crippen LogP contribution in [-0.2, 0) is 6.54 Å². The Bertz CT molecular complexity index is 540. The van der Waals surface area contributed by atoms with Crippen LogP contribution >= 0.6 is 34.2 Å². The van der Waals surface area contributed by atoms with E-state index in [-0.39, 0.29) is 0 Å². The van der Waals surface area contributed by atoms with Gasteiger partial charge in [-0.1, -0.05) is 25.4 Å². The fraction of sp³-hybridized carbons (Fsp3) is 0.308. The zero-order valence-electron chi connectivity index (χ0n) is 10.2. The molecule has 0 unspecified atom stereocenters. The molecule has 96 valence electrons. The van der Waals surface area contributed by atoms with Gasteiger partial charge in [0, 0.05) is 26.7 Å². The monoisotopic (exact) mass is 376 g/mol. The molecule has 0 saturated heterocycles. The summed E-state index contributed by atoms with van der Waals surface area (Å²) >= 11 is 8.30. The number of rotatable bonds is 4. The predicted molar refractivity (Wildman–Crippen MR) is 81.6 cm³/mol. The molecule has 1 aromatic heterocycles. The third kappa shape index (κ3) is 3.24. The lowest BCUT2D eigenvalue weighted by molar-refractivity contribution is 0.562. The molecule has 18 heavy (non-hydrogen) atoms. The quantitative estimate of drug-likeness (QED) is 0.817. The molecule has 1 heterocycles. The van der Waals surface area contributed by atoms with Crippen LogP contribution in [0.2, 0.25) is 5.02 Å². The van der Waals surface area contributed by atoms with E-state index in [0.717, 1.165) is 20.6 Å². The maximum absolute atomic E-state index is 6.03. The molecule has 1 N–H and O–H groups in total. The molecule has 2 rings (SSSR count). The third-order valence-corrected chi connectivity index (χ3v) is 3.67. The zero-order valence-corrected chi connectivity index (χ0v) is 13.1. The molecule has 0 bridgehead atoms. The van der Waals surface area contributed by atoms with E-state index in [1.165, 1.54) is 6.39 Å². The van der Waals surface area contributed by atoms with Gasteiger partial charge >= 0.3 is 0 Å². The van der Waals surface area contributed by atoms with E-state index in [9.17, 15) is 0 Å². The van der Waals surface area contributed by atoms with Crippen molar-refractivity contribution >= 4 is 34.2 Å². The number of halogens is 2. The van der Waals surface area contributed by atoms with E-state index < -0.39 is 0 Å². The summed E-state index contributed by atoms with van der Waals surface area (Å²) in [6, 6.07) is 6.16. The van der Waals surface area contributed by atoms with Crippen molar-refractivity contribution in [3.05, 3.63) is 38.9 Å². The van der Waals surface area contributed by atoms with Gasteiger partial charge in [0.25, 0.3) is 0 Å². The molecule has 3 nitrogen and oxygen atoms in total. The van der Waals surface area contributed by atoms with E-state index >= 15 is 0 Å². The lowest BCUT2D eigenvalue weighted by Gasteiger charge is -2.08. The van der Waals surface area contributed by atoms with Gasteiger partial charge in [-0.15, -0.1) is 0 Å². The van der Waals surface area contributed by atoms with E-state index in [0.29, 0.717) is 17.6 Å². The standard InChI is InChI=1S/C13H14ClIN2O/c1-8(2)16-6-12-13(18-7-17-12)10-5-9(14)3-4-11(10)15/h3-5,7-8,16H,6H2,1-2H3. The minimum atomic E-state index is 0.410. The van der Waals surface area contributed by atoms with Crippen LogP contribution in [0, 0.1) is 3.57 Å². The number of hydrogen-bond acceptors (Lipinski definition) is 3. The molecule has 1 aromatic carbocycles.